The van der Waals surface area contributed by atoms with E-state index >= 15 is 0 Å². The van der Waals surface area contributed by atoms with Crippen molar-refractivity contribution >= 4 is 38.3 Å². The van der Waals surface area contributed by atoms with Gasteiger partial charge in [0.2, 0.25) is 5.91 Å². The molecule has 5 rings (SSSR count). The van der Waals surface area contributed by atoms with E-state index in [1.165, 1.54) is 27.6 Å². The average Bonchev–Trinajstić information content (AvgIpc) is 2.98. The molecule has 1 aliphatic carbocycles. The van der Waals surface area contributed by atoms with Crippen LogP contribution >= 0.6 is 15.9 Å². The molecule has 0 saturated carbocycles. The molecule has 1 aromatic heterocycles. The van der Waals surface area contributed by atoms with Crippen molar-refractivity contribution in [1.29, 1.82) is 0 Å². The SMILES string of the molecule is CCCN1C[C@H](C(=O)N2[C@@H](C)C[C@@H]2C)C=C2c3cccc4[nH]c(Br)c(c34)C[C@]21C. The fourth-order valence-electron chi connectivity index (χ4n) is 6.05. The standard InChI is InChI=1S/C24H30BrN3O/c1-5-9-27-13-16(23(29)28-14(2)10-15(28)3)11-19-17-7-6-8-20-21(17)18(22(25)26-20)12-24(19,27)4/h6-8,11,14-16,26H,5,9-10,12-13H2,1-4H3/t14-,15-,16+,24+/m0/s1. The fourth-order valence-corrected chi connectivity index (χ4v) is 6.60. The van der Waals surface area contributed by atoms with E-state index in [1.807, 2.05) is 0 Å². The zero-order valence-corrected chi connectivity index (χ0v) is 19.3. The summed E-state index contributed by atoms with van der Waals surface area (Å²) in [5.74, 6) is 0.245. The van der Waals surface area contributed by atoms with Gasteiger partial charge >= 0.3 is 0 Å². The summed E-state index contributed by atoms with van der Waals surface area (Å²) >= 11 is 3.77. The van der Waals surface area contributed by atoms with Crippen molar-refractivity contribution in [3.05, 3.63) is 40.0 Å². The minimum atomic E-state index is -0.0784. The zero-order chi connectivity index (χ0) is 20.5. The highest BCUT2D eigenvalue weighted by atomic mass is 79.9. The fraction of sp³-hybridized carbons (Fsp3) is 0.542. The van der Waals surface area contributed by atoms with Crippen LogP contribution in [0.25, 0.3) is 16.5 Å². The lowest BCUT2D eigenvalue weighted by molar-refractivity contribution is -0.147. The number of amides is 1. The van der Waals surface area contributed by atoms with E-state index in [2.05, 4.69) is 82.7 Å². The second-order valence-corrected chi connectivity index (χ2v) is 10.2. The number of carbonyl (C=O) groups excluding carboxylic acids is 1. The molecule has 0 spiro atoms. The Morgan fingerprint density at radius 3 is 2.76 bits per heavy atom. The van der Waals surface area contributed by atoms with Crippen LogP contribution in [0, 0.1) is 5.92 Å². The molecule has 3 heterocycles. The second-order valence-electron chi connectivity index (χ2n) is 9.41. The maximum atomic E-state index is 13.5. The highest BCUT2D eigenvalue weighted by Crippen LogP contribution is 2.49. The summed E-state index contributed by atoms with van der Waals surface area (Å²) in [6, 6.07) is 7.25. The number of halogens is 1. The van der Waals surface area contributed by atoms with E-state index in [0.717, 1.165) is 37.0 Å². The van der Waals surface area contributed by atoms with Crippen molar-refractivity contribution in [2.45, 2.75) is 64.6 Å². The maximum Gasteiger partial charge on any atom is 0.231 e. The minimum absolute atomic E-state index is 0.0611. The Morgan fingerprint density at radius 2 is 2.07 bits per heavy atom. The molecule has 0 unspecified atom stereocenters. The van der Waals surface area contributed by atoms with Gasteiger partial charge in [0.25, 0.3) is 0 Å². The Hall–Kier alpha value is -1.59. The van der Waals surface area contributed by atoms with Gasteiger partial charge in [-0.3, -0.25) is 9.69 Å². The lowest BCUT2D eigenvalue weighted by atomic mass is 9.70. The molecule has 0 bridgehead atoms. The van der Waals surface area contributed by atoms with Gasteiger partial charge < -0.3 is 9.88 Å². The Kier molecular flexibility index (Phi) is 4.48. The zero-order valence-electron chi connectivity index (χ0n) is 17.8. The van der Waals surface area contributed by atoms with E-state index in [-0.39, 0.29) is 11.5 Å². The van der Waals surface area contributed by atoms with Crippen LogP contribution in [0.5, 0.6) is 0 Å². The number of aromatic amines is 1. The molecule has 0 radical (unpaired) electrons. The Labute approximate surface area is 181 Å². The van der Waals surface area contributed by atoms with Crippen LogP contribution in [-0.2, 0) is 11.2 Å². The van der Waals surface area contributed by atoms with Crippen molar-refractivity contribution in [1.82, 2.24) is 14.8 Å². The van der Waals surface area contributed by atoms with E-state index in [9.17, 15) is 4.79 Å². The molecule has 4 atom stereocenters. The smallest absolute Gasteiger partial charge is 0.231 e. The van der Waals surface area contributed by atoms with E-state index in [4.69, 9.17) is 0 Å². The number of likely N-dealkylation sites (tertiary alicyclic amines) is 1. The molecule has 1 saturated heterocycles. The molecule has 29 heavy (non-hydrogen) atoms. The van der Waals surface area contributed by atoms with Crippen molar-refractivity contribution < 1.29 is 4.79 Å². The predicted molar refractivity (Wildman–Crippen MR) is 122 cm³/mol. The summed E-state index contributed by atoms with van der Waals surface area (Å²) in [6.45, 7) is 10.8. The van der Waals surface area contributed by atoms with Crippen LogP contribution in [0.15, 0.2) is 28.9 Å². The molecule has 1 aromatic carbocycles. The van der Waals surface area contributed by atoms with E-state index in [1.54, 1.807) is 0 Å². The van der Waals surface area contributed by atoms with Gasteiger partial charge in [-0.2, -0.15) is 0 Å². The number of hydrogen-bond acceptors (Lipinski definition) is 2. The Balaban J connectivity index is 1.65. The number of nitrogens with zero attached hydrogens (tertiary/aromatic N) is 2. The van der Waals surface area contributed by atoms with E-state index in [0.29, 0.717) is 18.0 Å². The third-order valence-electron chi connectivity index (χ3n) is 7.45. The molecule has 2 aliphatic heterocycles. The number of nitrogens with one attached hydrogen (secondary N) is 1. The van der Waals surface area contributed by atoms with Gasteiger partial charge in [0, 0.05) is 35.1 Å². The average molecular weight is 456 g/mol. The number of H-pyrrole nitrogens is 1. The number of fused-ring (bicyclic) bond motifs is 2. The maximum absolute atomic E-state index is 13.5. The molecular formula is C24H30BrN3O. The topological polar surface area (TPSA) is 39.3 Å². The van der Waals surface area contributed by atoms with E-state index < -0.39 is 0 Å². The van der Waals surface area contributed by atoms with Gasteiger partial charge in [0.1, 0.15) is 0 Å². The molecule has 2 aromatic rings. The van der Waals surface area contributed by atoms with Crippen LogP contribution in [0.3, 0.4) is 0 Å². The first-order valence-corrected chi connectivity index (χ1v) is 11.7. The molecular weight excluding hydrogens is 426 g/mol. The molecule has 4 nitrogen and oxygen atoms in total. The third kappa shape index (κ3) is 2.70. The molecule has 1 fully saturated rings. The number of benzene rings is 1. The summed E-state index contributed by atoms with van der Waals surface area (Å²) < 4.78 is 1.10. The first-order chi connectivity index (χ1) is 13.8. The number of rotatable bonds is 3. The quantitative estimate of drug-likeness (QED) is 0.708. The molecule has 3 aliphatic rings. The lowest BCUT2D eigenvalue weighted by Gasteiger charge is -2.52. The second kappa shape index (κ2) is 6.71. The lowest BCUT2D eigenvalue weighted by Crippen LogP contribution is -2.61. The third-order valence-corrected chi connectivity index (χ3v) is 8.12. The molecule has 1 N–H and O–H groups in total. The summed E-state index contributed by atoms with van der Waals surface area (Å²) in [5.41, 5.74) is 5.08. The largest absolute Gasteiger partial charge is 0.349 e. The summed E-state index contributed by atoms with van der Waals surface area (Å²) in [5, 5.41) is 1.32. The Bertz CT molecular complexity index is 1020. The van der Waals surface area contributed by atoms with Gasteiger partial charge in [-0.05, 0) is 85.3 Å². The molecule has 1 amide bonds. The highest BCUT2D eigenvalue weighted by molar-refractivity contribution is 9.10. The van der Waals surface area contributed by atoms with Crippen LogP contribution in [0.1, 0.15) is 51.7 Å². The molecule has 154 valence electrons. The van der Waals surface area contributed by atoms with Crippen LogP contribution in [0.4, 0.5) is 0 Å². The van der Waals surface area contributed by atoms with Crippen LogP contribution < -0.4 is 0 Å². The van der Waals surface area contributed by atoms with Gasteiger partial charge in [0.05, 0.1) is 10.5 Å². The van der Waals surface area contributed by atoms with Gasteiger partial charge in [-0.1, -0.05) is 25.1 Å². The van der Waals surface area contributed by atoms with Crippen LogP contribution in [0.2, 0.25) is 0 Å². The number of aromatic nitrogens is 1. The van der Waals surface area contributed by atoms with Crippen molar-refractivity contribution in [3.8, 4) is 0 Å². The number of hydrogen-bond donors (Lipinski definition) is 1. The van der Waals surface area contributed by atoms with Crippen molar-refractivity contribution in [3.63, 3.8) is 0 Å². The van der Waals surface area contributed by atoms with Gasteiger partial charge in [-0.15, -0.1) is 0 Å². The predicted octanol–water partition coefficient (Wildman–Crippen LogP) is 4.98. The normalized spacial score (nSPS) is 31.4. The van der Waals surface area contributed by atoms with Crippen molar-refractivity contribution in [2.24, 2.45) is 5.92 Å². The monoisotopic (exact) mass is 455 g/mol. The first kappa shape index (κ1) is 19.4. The summed E-state index contributed by atoms with van der Waals surface area (Å²) in [4.78, 5) is 21.7. The van der Waals surface area contributed by atoms with Crippen LogP contribution in [-0.4, -0.2) is 51.4 Å². The first-order valence-electron chi connectivity index (χ1n) is 10.9. The van der Waals surface area contributed by atoms with Gasteiger partial charge in [0.15, 0.2) is 0 Å². The van der Waals surface area contributed by atoms with Gasteiger partial charge in [-0.25, -0.2) is 0 Å². The highest BCUT2D eigenvalue weighted by Gasteiger charge is 2.48. The Morgan fingerprint density at radius 1 is 1.31 bits per heavy atom. The summed E-state index contributed by atoms with van der Waals surface area (Å²) in [6.07, 6.45) is 5.48. The molecule has 5 heteroatoms. The number of carbonyl (C=O) groups is 1. The minimum Gasteiger partial charge on any atom is -0.349 e. The van der Waals surface area contributed by atoms with Crippen molar-refractivity contribution in [2.75, 3.05) is 13.1 Å². The summed E-state index contributed by atoms with van der Waals surface area (Å²) in [7, 11) is 0.